The van der Waals surface area contributed by atoms with Crippen LogP contribution >= 0.6 is 0 Å². The van der Waals surface area contributed by atoms with E-state index in [9.17, 15) is 9.18 Å². The highest BCUT2D eigenvalue weighted by atomic mass is 19.1. The van der Waals surface area contributed by atoms with Crippen LogP contribution in [0.2, 0.25) is 0 Å². The maximum absolute atomic E-state index is 13.0. The normalized spacial score (nSPS) is 12.6. The van der Waals surface area contributed by atoms with Gasteiger partial charge in [-0.15, -0.1) is 0 Å². The molecule has 0 fully saturated rings. The van der Waals surface area contributed by atoms with E-state index in [1.54, 1.807) is 24.3 Å². The third-order valence-electron chi connectivity index (χ3n) is 2.88. The molecule has 2 N–H and O–H groups in total. The summed E-state index contributed by atoms with van der Waals surface area (Å²) in [6.07, 6.45) is 0. The summed E-state index contributed by atoms with van der Waals surface area (Å²) in [5.41, 5.74) is 0.943. The molecule has 2 aromatic rings. The lowest BCUT2D eigenvalue weighted by atomic mass is 10.2. The van der Waals surface area contributed by atoms with Crippen molar-refractivity contribution >= 4 is 17.4 Å². The number of rotatable bonds is 2. The highest BCUT2D eigenvalue weighted by Gasteiger charge is 2.12. The molecule has 1 heterocycles. The molecule has 0 spiro atoms. The number of fused-ring (bicyclic) bond motifs is 1. The second kappa shape index (κ2) is 5.70. The van der Waals surface area contributed by atoms with Crippen LogP contribution in [0.5, 0.6) is 11.5 Å². The zero-order chi connectivity index (χ0) is 14.7. The van der Waals surface area contributed by atoms with E-state index in [2.05, 4.69) is 10.6 Å². The molecule has 21 heavy (non-hydrogen) atoms. The molecule has 2 amide bonds. The number of halogens is 1. The summed E-state index contributed by atoms with van der Waals surface area (Å²) in [7, 11) is 0. The number of benzene rings is 2. The largest absolute Gasteiger partial charge is 0.486 e. The first-order valence-electron chi connectivity index (χ1n) is 6.44. The zero-order valence-electron chi connectivity index (χ0n) is 11.1. The van der Waals surface area contributed by atoms with Gasteiger partial charge in [-0.1, -0.05) is 6.07 Å². The van der Waals surface area contributed by atoms with Crippen molar-refractivity contribution in [3.8, 4) is 11.5 Å². The Hall–Kier alpha value is -2.76. The molecule has 0 atom stereocenters. The van der Waals surface area contributed by atoms with Gasteiger partial charge in [-0.05, 0) is 30.3 Å². The van der Waals surface area contributed by atoms with Crippen LogP contribution < -0.4 is 20.1 Å². The van der Waals surface area contributed by atoms with Gasteiger partial charge in [0.05, 0.1) is 0 Å². The van der Waals surface area contributed by atoms with E-state index < -0.39 is 11.8 Å². The van der Waals surface area contributed by atoms with Crippen LogP contribution in [0.3, 0.4) is 0 Å². The van der Waals surface area contributed by atoms with Crippen molar-refractivity contribution in [1.29, 1.82) is 0 Å². The highest BCUT2D eigenvalue weighted by Crippen LogP contribution is 2.32. The van der Waals surface area contributed by atoms with Crippen LogP contribution in [0, 0.1) is 5.82 Å². The second-order valence-electron chi connectivity index (χ2n) is 4.45. The van der Waals surface area contributed by atoms with Gasteiger partial charge >= 0.3 is 6.03 Å². The number of urea groups is 1. The lowest BCUT2D eigenvalue weighted by molar-refractivity contribution is 0.171. The molecule has 0 aromatic heterocycles. The number of carbonyl (C=O) groups excluding carboxylic acids is 1. The molecule has 3 rings (SSSR count). The molecule has 0 saturated carbocycles. The van der Waals surface area contributed by atoms with E-state index in [0.717, 1.165) is 0 Å². The van der Waals surface area contributed by atoms with Crippen LogP contribution in [0.15, 0.2) is 42.5 Å². The van der Waals surface area contributed by atoms with Crippen LogP contribution in [0.1, 0.15) is 0 Å². The molecule has 0 aliphatic carbocycles. The third-order valence-corrected chi connectivity index (χ3v) is 2.88. The molecular weight excluding hydrogens is 275 g/mol. The summed E-state index contributed by atoms with van der Waals surface area (Å²) >= 11 is 0. The first-order valence-corrected chi connectivity index (χ1v) is 6.44. The van der Waals surface area contributed by atoms with Crippen molar-refractivity contribution in [3.05, 3.63) is 48.3 Å². The van der Waals surface area contributed by atoms with Crippen molar-refractivity contribution in [2.45, 2.75) is 0 Å². The van der Waals surface area contributed by atoms with Crippen LogP contribution in [0.25, 0.3) is 0 Å². The Morgan fingerprint density at radius 1 is 0.952 bits per heavy atom. The second-order valence-corrected chi connectivity index (χ2v) is 4.45. The molecule has 1 aliphatic heterocycles. The fourth-order valence-electron chi connectivity index (χ4n) is 1.98. The molecule has 6 heteroatoms. The predicted octanol–water partition coefficient (Wildman–Crippen LogP) is 3.24. The van der Waals surface area contributed by atoms with Crippen molar-refractivity contribution in [3.63, 3.8) is 0 Å². The summed E-state index contributed by atoms with van der Waals surface area (Å²) < 4.78 is 23.9. The predicted molar refractivity (Wildman–Crippen MR) is 76.5 cm³/mol. The first kappa shape index (κ1) is 13.2. The standard InChI is InChI=1S/C15H13FN2O3/c16-10-2-1-3-11(8-10)17-15(19)18-12-4-5-13-14(9-12)21-7-6-20-13/h1-5,8-9H,6-7H2,(H2,17,18,19). The van der Waals surface area contributed by atoms with Gasteiger partial charge in [0.15, 0.2) is 11.5 Å². The average Bonchev–Trinajstić information content (AvgIpc) is 2.47. The van der Waals surface area contributed by atoms with Gasteiger partial charge in [-0.2, -0.15) is 0 Å². The van der Waals surface area contributed by atoms with Crippen LogP contribution in [-0.2, 0) is 0 Å². The average molecular weight is 288 g/mol. The van der Waals surface area contributed by atoms with Crippen LogP contribution in [0.4, 0.5) is 20.6 Å². The number of amides is 2. The maximum atomic E-state index is 13.0. The molecule has 0 saturated heterocycles. The smallest absolute Gasteiger partial charge is 0.323 e. The van der Waals surface area contributed by atoms with Gasteiger partial charge in [0.2, 0.25) is 0 Å². The van der Waals surface area contributed by atoms with Gasteiger partial charge in [0, 0.05) is 17.4 Å². The quantitative estimate of drug-likeness (QED) is 0.892. The minimum Gasteiger partial charge on any atom is -0.486 e. The summed E-state index contributed by atoms with van der Waals surface area (Å²) in [6, 6.07) is 10.3. The third kappa shape index (κ3) is 3.22. The Bertz CT molecular complexity index is 676. The number of anilines is 2. The van der Waals surface area contributed by atoms with Crippen molar-refractivity contribution in [2.75, 3.05) is 23.8 Å². The van der Waals surface area contributed by atoms with Crippen LogP contribution in [-0.4, -0.2) is 19.2 Å². The van der Waals surface area contributed by atoms with Crippen molar-refractivity contribution < 1.29 is 18.7 Å². The Kier molecular flexibility index (Phi) is 3.59. The minimum absolute atomic E-state index is 0.380. The monoisotopic (exact) mass is 288 g/mol. The van der Waals surface area contributed by atoms with Gasteiger partial charge in [-0.25, -0.2) is 9.18 Å². The Morgan fingerprint density at radius 2 is 1.67 bits per heavy atom. The Morgan fingerprint density at radius 3 is 2.43 bits per heavy atom. The van der Waals surface area contributed by atoms with E-state index in [-0.39, 0.29) is 0 Å². The van der Waals surface area contributed by atoms with Crippen molar-refractivity contribution in [1.82, 2.24) is 0 Å². The SMILES string of the molecule is O=C(Nc1cccc(F)c1)Nc1ccc2c(c1)OCCO2. The number of hydrogen-bond acceptors (Lipinski definition) is 3. The maximum Gasteiger partial charge on any atom is 0.323 e. The zero-order valence-corrected chi connectivity index (χ0v) is 11.1. The molecule has 0 bridgehead atoms. The Balaban J connectivity index is 1.67. The summed E-state index contributed by atoms with van der Waals surface area (Å²) in [6.45, 7) is 0.992. The molecule has 1 aliphatic rings. The summed E-state index contributed by atoms with van der Waals surface area (Å²) in [4.78, 5) is 11.8. The van der Waals surface area contributed by atoms with Gasteiger partial charge < -0.3 is 20.1 Å². The van der Waals surface area contributed by atoms with E-state index in [0.29, 0.717) is 36.1 Å². The van der Waals surface area contributed by atoms with E-state index >= 15 is 0 Å². The number of carbonyl (C=O) groups is 1. The molecule has 0 radical (unpaired) electrons. The molecule has 108 valence electrons. The van der Waals surface area contributed by atoms with E-state index in [4.69, 9.17) is 9.47 Å². The lowest BCUT2D eigenvalue weighted by Crippen LogP contribution is -2.20. The molecule has 0 unspecified atom stereocenters. The highest BCUT2D eigenvalue weighted by molar-refractivity contribution is 5.99. The van der Waals surface area contributed by atoms with E-state index in [1.807, 2.05) is 0 Å². The number of hydrogen-bond donors (Lipinski definition) is 2. The number of ether oxygens (including phenoxy) is 2. The first-order chi connectivity index (χ1) is 10.2. The topological polar surface area (TPSA) is 59.6 Å². The summed E-state index contributed by atoms with van der Waals surface area (Å²) in [5, 5.41) is 5.20. The minimum atomic E-state index is -0.461. The van der Waals surface area contributed by atoms with Gasteiger partial charge in [0.1, 0.15) is 19.0 Å². The van der Waals surface area contributed by atoms with Crippen molar-refractivity contribution in [2.24, 2.45) is 0 Å². The molecule has 2 aromatic carbocycles. The van der Waals surface area contributed by atoms with Gasteiger partial charge in [-0.3, -0.25) is 0 Å². The Labute approximate surface area is 120 Å². The molecular formula is C15H13FN2O3. The fraction of sp³-hybridized carbons (Fsp3) is 0.133. The fourth-order valence-corrected chi connectivity index (χ4v) is 1.98. The van der Waals surface area contributed by atoms with Gasteiger partial charge in [0.25, 0.3) is 0 Å². The summed E-state index contributed by atoms with van der Waals surface area (Å²) in [5.74, 6) is 0.828. The lowest BCUT2D eigenvalue weighted by Gasteiger charge is -2.19. The molecule has 5 nitrogen and oxygen atoms in total. The number of nitrogens with one attached hydrogen (secondary N) is 2. The van der Waals surface area contributed by atoms with E-state index in [1.165, 1.54) is 18.2 Å².